The summed E-state index contributed by atoms with van der Waals surface area (Å²) in [5, 5.41) is 5.50. The third kappa shape index (κ3) is 3.91. The molecule has 130 valence electrons. The maximum atomic E-state index is 12.9. The SMILES string of the molecule is CCNC(=O)CN(CC)[C@@H](C)C(=O)N1CC(=O)Nc2ccccc21. The predicted molar refractivity (Wildman–Crippen MR) is 92.8 cm³/mol. The van der Waals surface area contributed by atoms with Crippen LogP contribution >= 0.6 is 0 Å². The van der Waals surface area contributed by atoms with Gasteiger partial charge in [-0.3, -0.25) is 24.2 Å². The highest BCUT2D eigenvalue weighted by atomic mass is 16.2. The van der Waals surface area contributed by atoms with Crippen molar-refractivity contribution in [1.29, 1.82) is 0 Å². The Morgan fingerprint density at radius 1 is 1.33 bits per heavy atom. The predicted octanol–water partition coefficient (Wildman–Crippen LogP) is 0.818. The third-order valence-electron chi connectivity index (χ3n) is 4.07. The van der Waals surface area contributed by atoms with Gasteiger partial charge in [0.05, 0.1) is 24.0 Å². The molecule has 7 nitrogen and oxygen atoms in total. The van der Waals surface area contributed by atoms with E-state index in [4.69, 9.17) is 0 Å². The van der Waals surface area contributed by atoms with Crippen LogP contribution in [0.3, 0.4) is 0 Å². The van der Waals surface area contributed by atoms with Gasteiger partial charge in [0.2, 0.25) is 17.7 Å². The van der Waals surface area contributed by atoms with Crippen molar-refractivity contribution in [1.82, 2.24) is 10.2 Å². The number of para-hydroxylation sites is 2. The van der Waals surface area contributed by atoms with E-state index >= 15 is 0 Å². The summed E-state index contributed by atoms with van der Waals surface area (Å²) in [6.07, 6.45) is 0. The average Bonchev–Trinajstić information content (AvgIpc) is 2.57. The van der Waals surface area contributed by atoms with Crippen molar-refractivity contribution in [3.63, 3.8) is 0 Å². The second-order valence-electron chi connectivity index (χ2n) is 5.68. The fourth-order valence-corrected chi connectivity index (χ4v) is 2.77. The first-order valence-corrected chi connectivity index (χ1v) is 8.18. The molecule has 0 aliphatic carbocycles. The highest BCUT2D eigenvalue weighted by molar-refractivity contribution is 6.11. The van der Waals surface area contributed by atoms with Crippen LogP contribution in [0.5, 0.6) is 0 Å². The first-order valence-electron chi connectivity index (χ1n) is 8.18. The number of nitrogens with one attached hydrogen (secondary N) is 2. The number of hydrogen-bond donors (Lipinski definition) is 2. The topological polar surface area (TPSA) is 81.8 Å². The lowest BCUT2D eigenvalue weighted by atomic mass is 10.1. The maximum absolute atomic E-state index is 12.9. The fraction of sp³-hybridized carbons (Fsp3) is 0.471. The molecule has 1 atom stereocenters. The molecule has 2 rings (SSSR count). The van der Waals surface area contributed by atoms with Crippen molar-refractivity contribution in [2.45, 2.75) is 26.8 Å². The van der Waals surface area contributed by atoms with E-state index in [9.17, 15) is 14.4 Å². The van der Waals surface area contributed by atoms with Crippen LogP contribution in [0.2, 0.25) is 0 Å². The van der Waals surface area contributed by atoms with Crippen LogP contribution < -0.4 is 15.5 Å². The summed E-state index contributed by atoms with van der Waals surface area (Å²) in [5.74, 6) is -0.528. The van der Waals surface area contributed by atoms with Gasteiger partial charge in [-0.2, -0.15) is 0 Å². The lowest BCUT2D eigenvalue weighted by molar-refractivity contribution is -0.128. The Kier molecular flexibility index (Phi) is 5.92. The van der Waals surface area contributed by atoms with Gasteiger partial charge in [0, 0.05) is 6.54 Å². The molecule has 0 aromatic heterocycles. The molecule has 7 heteroatoms. The summed E-state index contributed by atoms with van der Waals surface area (Å²) in [7, 11) is 0. The zero-order chi connectivity index (χ0) is 17.7. The minimum Gasteiger partial charge on any atom is -0.355 e. The monoisotopic (exact) mass is 332 g/mol. The van der Waals surface area contributed by atoms with Crippen LogP contribution in [0.25, 0.3) is 0 Å². The normalized spacial score (nSPS) is 14.8. The number of carbonyl (C=O) groups excluding carboxylic acids is 3. The molecule has 1 aromatic rings. The lowest BCUT2D eigenvalue weighted by Gasteiger charge is -2.34. The summed E-state index contributed by atoms with van der Waals surface area (Å²) >= 11 is 0. The van der Waals surface area contributed by atoms with Gasteiger partial charge in [0.15, 0.2) is 0 Å². The number of rotatable bonds is 6. The van der Waals surface area contributed by atoms with Gasteiger partial charge >= 0.3 is 0 Å². The van der Waals surface area contributed by atoms with Gasteiger partial charge in [0.1, 0.15) is 6.54 Å². The Hall–Kier alpha value is -2.41. The standard InChI is InChI=1S/C17H24N4O3/c1-4-18-15(22)10-20(5-2)12(3)17(24)21-11-16(23)19-13-8-6-7-9-14(13)21/h6-9,12H,4-5,10-11H2,1-3H3,(H,18,22)(H,19,23)/t12-/m0/s1. The van der Waals surface area contributed by atoms with Crippen molar-refractivity contribution >= 4 is 29.1 Å². The van der Waals surface area contributed by atoms with Gasteiger partial charge < -0.3 is 10.6 Å². The lowest BCUT2D eigenvalue weighted by Crippen LogP contribution is -2.53. The number of carbonyl (C=O) groups is 3. The van der Waals surface area contributed by atoms with Crippen molar-refractivity contribution in [3.05, 3.63) is 24.3 Å². The number of likely N-dealkylation sites (N-methyl/N-ethyl adjacent to an activating group) is 2. The van der Waals surface area contributed by atoms with Crippen LogP contribution in [0.4, 0.5) is 11.4 Å². The summed E-state index contributed by atoms with van der Waals surface area (Å²) in [4.78, 5) is 39.9. The Balaban J connectivity index is 2.17. The molecule has 3 amide bonds. The Morgan fingerprint density at radius 3 is 2.71 bits per heavy atom. The van der Waals surface area contributed by atoms with Crippen molar-refractivity contribution < 1.29 is 14.4 Å². The molecule has 1 aliphatic heterocycles. The van der Waals surface area contributed by atoms with Crippen LogP contribution in [0, 0.1) is 0 Å². The smallest absolute Gasteiger partial charge is 0.244 e. The second-order valence-corrected chi connectivity index (χ2v) is 5.68. The number of benzene rings is 1. The van der Waals surface area contributed by atoms with Crippen molar-refractivity contribution in [3.8, 4) is 0 Å². The molecule has 0 fully saturated rings. The Labute approximate surface area is 142 Å². The van der Waals surface area contributed by atoms with E-state index < -0.39 is 6.04 Å². The first-order chi connectivity index (χ1) is 11.5. The molecular formula is C17H24N4O3. The number of fused-ring (bicyclic) bond motifs is 1. The highest BCUT2D eigenvalue weighted by Gasteiger charge is 2.32. The van der Waals surface area contributed by atoms with Gasteiger partial charge in [-0.1, -0.05) is 19.1 Å². The van der Waals surface area contributed by atoms with E-state index in [2.05, 4.69) is 10.6 Å². The summed E-state index contributed by atoms with van der Waals surface area (Å²) in [5.41, 5.74) is 1.31. The number of anilines is 2. The fourth-order valence-electron chi connectivity index (χ4n) is 2.77. The minimum absolute atomic E-state index is 0.0150. The first kappa shape index (κ1) is 17.9. The molecule has 0 saturated heterocycles. The third-order valence-corrected chi connectivity index (χ3v) is 4.07. The van der Waals surface area contributed by atoms with Crippen molar-refractivity contribution in [2.24, 2.45) is 0 Å². The Morgan fingerprint density at radius 2 is 2.04 bits per heavy atom. The number of hydrogen-bond acceptors (Lipinski definition) is 4. The van der Waals surface area contributed by atoms with Crippen LogP contribution in [-0.2, 0) is 14.4 Å². The molecule has 0 unspecified atom stereocenters. The second kappa shape index (κ2) is 7.92. The summed E-state index contributed by atoms with van der Waals surface area (Å²) in [6.45, 7) is 6.77. The zero-order valence-corrected chi connectivity index (χ0v) is 14.3. The van der Waals surface area contributed by atoms with Gasteiger partial charge in [-0.15, -0.1) is 0 Å². The largest absolute Gasteiger partial charge is 0.355 e. The Bertz CT molecular complexity index is 632. The van der Waals surface area contributed by atoms with E-state index in [0.29, 0.717) is 24.5 Å². The number of amides is 3. The maximum Gasteiger partial charge on any atom is 0.244 e. The molecule has 0 bridgehead atoms. The molecule has 0 saturated carbocycles. The molecule has 1 aliphatic rings. The van der Waals surface area contributed by atoms with E-state index in [-0.39, 0.29) is 30.8 Å². The van der Waals surface area contributed by atoms with Gasteiger partial charge in [-0.25, -0.2) is 0 Å². The van der Waals surface area contributed by atoms with Crippen LogP contribution in [0.1, 0.15) is 20.8 Å². The summed E-state index contributed by atoms with van der Waals surface area (Å²) in [6, 6.07) is 6.71. The average molecular weight is 332 g/mol. The van der Waals surface area contributed by atoms with E-state index in [1.807, 2.05) is 26.0 Å². The van der Waals surface area contributed by atoms with Gasteiger partial charge in [0.25, 0.3) is 0 Å². The van der Waals surface area contributed by atoms with Crippen LogP contribution in [-0.4, -0.2) is 54.8 Å². The number of nitrogens with zero attached hydrogens (tertiary/aromatic N) is 2. The minimum atomic E-state index is -0.503. The van der Waals surface area contributed by atoms with Gasteiger partial charge in [-0.05, 0) is 32.5 Å². The molecule has 1 aromatic carbocycles. The van der Waals surface area contributed by atoms with Crippen LogP contribution in [0.15, 0.2) is 24.3 Å². The molecule has 2 N–H and O–H groups in total. The molecule has 1 heterocycles. The molecule has 0 radical (unpaired) electrons. The molecule has 24 heavy (non-hydrogen) atoms. The van der Waals surface area contributed by atoms with E-state index in [1.165, 1.54) is 4.90 Å². The van der Waals surface area contributed by atoms with Crippen molar-refractivity contribution in [2.75, 3.05) is 36.4 Å². The quantitative estimate of drug-likeness (QED) is 0.808. The molecule has 0 spiro atoms. The summed E-state index contributed by atoms with van der Waals surface area (Å²) < 4.78 is 0. The van der Waals surface area contributed by atoms with E-state index in [0.717, 1.165) is 0 Å². The zero-order valence-electron chi connectivity index (χ0n) is 14.3. The molecular weight excluding hydrogens is 308 g/mol. The van der Waals surface area contributed by atoms with E-state index in [1.54, 1.807) is 24.0 Å². The highest BCUT2D eigenvalue weighted by Crippen LogP contribution is 2.29.